The summed E-state index contributed by atoms with van der Waals surface area (Å²) < 4.78 is 4.97. The average Bonchev–Trinajstić information content (AvgIpc) is 2.85. The van der Waals surface area contributed by atoms with Gasteiger partial charge in [-0.3, -0.25) is 14.8 Å². The second-order valence-corrected chi connectivity index (χ2v) is 3.12. The van der Waals surface area contributed by atoms with Crippen LogP contribution in [0.25, 0.3) is 6.08 Å². The highest BCUT2D eigenvalue weighted by atomic mass is 16.5. The summed E-state index contributed by atoms with van der Waals surface area (Å²) in [6.07, 6.45) is 4.12. The average molecular weight is 239 g/mol. The molecular formula is C10H13N3O4. The monoisotopic (exact) mass is 239 g/mol. The lowest BCUT2D eigenvalue weighted by Crippen LogP contribution is -2.49. The minimum atomic E-state index is -0.978. The van der Waals surface area contributed by atoms with Gasteiger partial charge in [0, 0.05) is 12.6 Å². The minimum absolute atomic E-state index is 0.118. The van der Waals surface area contributed by atoms with Crippen LogP contribution in [0.5, 0.6) is 0 Å². The fourth-order valence-electron chi connectivity index (χ4n) is 1.07. The standard InChI is InChI=1S/C10H13N3O4/c11-6-8(10(15)13-16)12-9(14)4-3-7-2-1-5-17-7/h1-5,8,16H,6,11H2,(H,12,14)(H,13,15)/t8-/m0/s1. The summed E-state index contributed by atoms with van der Waals surface area (Å²) in [5.74, 6) is -0.774. The Balaban J connectivity index is 2.51. The van der Waals surface area contributed by atoms with Crippen LogP contribution in [-0.2, 0) is 9.59 Å². The van der Waals surface area contributed by atoms with Crippen LogP contribution in [0, 0.1) is 0 Å². The fourth-order valence-corrected chi connectivity index (χ4v) is 1.07. The van der Waals surface area contributed by atoms with E-state index in [0.717, 1.165) is 0 Å². The maximum atomic E-state index is 11.4. The van der Waals surface area contributed by atoms with E-state index in [-0.39, 0.29) is 6.54 Å². The molecule has 2 amide bonds. The van der Waals surface area contributed by atoms with Crippen LogP contribution in [0.1, 0.15) is 5.76 Å². The summed E-state index contributed by atoms with van der Waals surface area (Å²) in [6, 6.07) is 2.37. The van der Waals surface area contributed by atoms with Crippen LogP contribution < -0.4 is 16.5 Å². The lowest BCUT2D eigenvalue weighted by molar-refractivity contribution is -0.133. The zero-order valence-electron chi connectivity index (χ0n) is 8.92. The van der Waals surface area contributed by atoms with Crippen molar-refractivity contribution in [1.82, 2.24) is 10.8 Å². The van der Waals surface area contributed by atoms with Crippen LogP contribution in [0.3, 0.4) is 0 Å². The molecule has 17 heavy (non-hydrogen) atoms. The highest BCUT2D eigenvalue weighted by molar-refractivity contribution is 5.95. The van der Waals surface area contributed by atoms with Crippen LogP contribution >= 0.6 is 0 Å². The smallest absolute Gasteiger partial charge is 0.267 e. The molecule has 0 spiro atoms. The first kappa shape index (κ1) is 12.9. The van der Waals surface area contributed by atoms with Crippen molar-refractivity contribution in [3.8, 4) is 0 Å². The molecule has 0 fully saturated rings. The summed E-state index contributed by atoms with van der Waals surface area (Å²) in [5, 5.41) is 10.7. The maximum absolute atomic E-state index is 11.4. The lowest BCUT2D eigenvalue weighted by atomic mass is 10.2. The third-order valence-electron chi connectivity index (χ3n) is 1.92. The Morgan fingerprint density at radius 1 is 1.59 bits per heavy atom. The first-order valence-electron chi connectivity index (χ1n) is 4.83. The molecular weight excluding hydrogens is 226 g/mol. The van der Waals surface area contributed by atoms with E-state index in [1.165, 1.54) is 23.9 Å². The number of hydrogen-bond donors (Lipinski definition) is 4. The van der Waals surface area contributed by atoms with Crippen molar-refractivity contribution in [1.29, 1.82) is 0 Å². The van der Waals surface area contributed by atoms with E-state index in [9.17, 15) is 9.59 Å². The maximum Gasteiger partial charge on any atom is 0.267 e. The highest BCUT2D eigenvalue weighted by Crippen LogP contribution is 2.01. The highest BCUT2D eigenvalue weighted by Gasteiger charge is 2.16. The summed E-state index contributed by atoms with van der Waals surface area (Å²) in [4.78, 5) is 22.4. The Bertz CT molecular complexity index is 400. The van der Waals surface area contributed by atoms with Crippen molar-refractivity contribution in [3.05, 3.63) is 30.2 Å². The number of hydrogen-bond acceptors (Lipinski definition) is 5. The number of carbonyl (C=O) groups is 2. The van der Waals surface area contributed by atoms with Gasteiger partial charge in [0.1, 0.15) is 11.8 Å². The zero-order valence-corrected chi connectivity index (χ0v) is 8.92. The first-order valence-corrected chi connectivity index (χ1v) is 4.83. The van der Waals surface area contributed by atoms with Crippen molar-refractivity contribution in [2.45, 2.75) is 6.04 Å². The second kappa shape index (κ2) is 6.46. The van der Waals surface area contributed by atoms with Crippen molar-refractivity contribution >= 4 is 17.9 Å². The molecule has 1 rings (SSSR count). The molecule has 0 aliphatic heterocycles. The first-order chi connectivity index (χ1) is 8.17. The number of furan rings is 1. The minimum Gasteiger partial charge on any atom is -0.465 e. The van der Waals surface area contributed by atoms with Gasteiger partial charge < -0.3 is 15.5 Å². The number of nitrogens with one attached hydrogen (secondary N) is 2. The number of nitrogens with two attached hydrogens (primary N) is 1. The second-order valence-electron chi connectivity index (χ2n) is 3.12. The van der Waals surface area contributed by atoms with Gasteiger partial charge in [-0.1, -0.05) is 0 Å². The summed E-state index contributed by atoms with van der Waals surface area (Å²) in [5.41, 5.74) is 6.67. The predicted molar refractivity (Wildman–Crippen MR) is 58.7 cm³/mol. The fraction of sp³-hybridized carbons (Fsp3) is 0.200. The molecule has 1 heterocycles. The van der Waals surface area contributed by atoms with Gasteiger partial charge in [0.25, 0.3) is 5.91 Å². The van der Waals surface area contributed by atoms with Crippen LogP contribution in [0.2, 0.25) is 0 Å². The van der Waals surface area contributed by atoms with E-state index in [4.69, 9.17) is 15.4 Å². The Morgan fingerprint density at radius 3 is 2.88 bits per heavy atom. The van der Waals surface area contributed by atoms with Crippen molar-refractivity contribution < 1.29 is 19.2 Å². The van der Waals surface area contributed by atoms with E-state index in [0.29, 0.717) is 5.76 Å². The van der Waals surface area contributed by atoms with E-state index < -0.39 is 17.9 Å². The molecule has 7 nitrogen and oxygen atoms in total. The number of hydroxylamine groups is 1. The quantitative estimate of drug-likeness (QED) is 0.306. The van der Waals surface area contributed by atoms with Gasteiger partial charge in [0.2, 0.25) is 5.91 Å². The van der Waals surface area contributed by atoms with Crippen molar-refractivity contribution in [2.75, 3.05) is 6.54 Å². The van der Waals surface area contributed by atoms with Crippen molar-refractivity contribution in [2.24, 2.45) is 5.73 Å². The number of amides is 2. The van der Waals surface area contributed by atoms with Crippen LogP contribution in [0.15, 0.2) is 28.9 Å². The lowest BCUT2D eigenvalue weighted by Gasteiger charge is -2.12. The molecule has 1 aromatic rings. The molecule has 1 atom stereocenters. The van der Waals surface area contributed by atoms with Gasteiger partial charge in [-0.2, -0.15) is 0 Å². The molecule has 0 aliphatic rings. The summed E-state index contributed by atoms with van der Waals surface area (Å²) in [7, 11) is 0. The predicted octanol–water partition coefficient (Wildman–Crippen LogP) is -0.758. The Labute approximate surface area is 97.2 Å². The molecule has 0 aromatic carbocycles. The molecule has 0 bridgehead atoms. The molecule has 1 aromatic heterocycles. The van der Waals surface area contributed by atoms with Gasteiger partial charge in [0.15, 0.2) is 0 Å². The number of rotatable bonds is 5. The number of carbonyl (C=O) groups excluding carboxylic acids is 2. The molecule has 0 unspecified atom stereocenters. The Morgan fingerprint density at radius 2 is 2.35 bits per heavy atom. The topological polar surface area (TPSA) is 118 Å². The molecule has 0 saturated carbocycles. The van der Waals surface area contributed by atoms with E-state index in [1.54, 1.807) is 12.1 Å². The Kier molecular flexibility index (Phi) is 4.92. The van der Waals surface area contributed by atoms with Crippen LogP contribution in [-0.4, -0.2) is 29.6 Å². The third kappa shape index (κ3) is 4.09. The van der Waals surface area contributed by atoms with Crippen molar-refractivity contribution in [3.63, 3.8) is 0 Å². The molecule has 7 heteroatoms. The summed E-state index contributed by atoms with van der Waals surface area (Å²) >= 11 is 0. The van der Waals surface area contributed by atoms with Gasteiger partial charge in [-0.05, 0) is 18.2 Å². The van der Waals surface area contributed by atoms with E-state index in [1.807, 2.05) is 0 Å². The van der Waals surface area contributed by atoms with E-state index >= 15 is 0 Å². The van der Waals surface area contributed by atoms with Gasteiger partial charge in [-0.15, -0.1) is 0 Å². The normalized spacial score (nSPS) is 12.4. The zero-order chi connectivity index (χ0) is 12.7. The molecule has 0 radical (unpaired) electrons. The largest absolute Gasteiger partial charge is 0.465 e. The molecule has 0 saturated heterocycles. The summed E-state index contributed by atoms with van der Waals surface area (Å²) in [6.45, 7) is -0.118. The van der Waals surface area contributed by atoms with Gasteiger partial charge in [0.05, 0.1) is 6.26 Å². The van der Waals surface area contributed by atoms with Gasteiger partial charge in [-0.25, -0.2) is 5.48 Å². The van der Waals surface area contributed by atoms with E-state index in [2.05, 4.69) is 5.32 Å². The third-order valence-corrected chi connectivity index (χ3v) is 1.92. The molecule has 0 aliphatic carbocycles. The molecule has 92 valence electrons. The van der Waals surface area contributed by atoms with Gasteiger partial charge >= 0.3 is 0 Å². The SMILES string of the molecule is NC[C@H](NC(=O)C=Cc1ccco1)C(=O)NO. The van der Waals surface area contributed by atoms with Crippen LogP contribution in [0.4, 0.5) is 0 Å². The Hall–Kier alpha value is -2.12. The molecule has 5 N–H and O–H groups in total.